The molecule has 26 heavy (non-hydrogen) atoms. The second-order valence-electron chi connectivity index (χ2n) is 7.56. The summed E-state index contributed by atoms with van der Waals surface area (Å²) in [5.41, 5.74) is 5.53. The van der Waals surface area contributed by atoms with Crippen molar-refractivity contribution in [1.29, 1.82) is 0 Å². The van der Waals surface area contributed by atoms with E-state index in [4.69, 9.17) is 4.74 Å². The second kappa shape index (κ2) is 6.84. The topological polar surface area (TPSA) is 51.2 Å². The zero-order valence-electron chi connectivity index (χ0n) is 15.7. The maximum absolute atomic E-state index is 13.1. The number of anilines is 1. The lowest BCUT2D eigenvalue weighted by Gasteiger charge is -2.27. The van der Waals surface area contributed by atoms with Gasteiger partial charge in [-0.1, -0.05) is 13.0 Å². The molecule has 0 saturated carbocycles. The number of nitrogens with one attached hydrogen (secondary N) is 1. The molecule has 0 spiro atoms. The number of fused-ring (bicyclic) bond motifs is 2. The maximum Gasteiger partial charge on any atom is 0.230 e. The first kappa shape index (κ1) is 17.2. The quantitative estimate of drug-likeness (QED) is 0.901. The highest BCUT2D eigenvalue weighted by Crippen LogP contribution is 2.49. The predicted molar refractivity (Wildman–Crippen MR) is 102 cm³/mol. The number of pyridine rings is 1. The van der Waals surface area contributed by atoms with Crippen LogP contribution in [0.3, 0.4) is 0 Å². The molecule has 1 aromatic carbocycles. The van der Waals surface area contributed by atoms with Gasteiger partial charge in [0, 0.05) is 23.5 Å². The average molecular weight is 350 g/mol. The van der Waals surface area contributed by atoms with Gasteiger partial charge < -0.3 is 10.1 Å². The third-order valence-electron chi connectivity index (χ3n) is 5.94. The summed E-state index contributed by atoms with van der Waals surface area (Å²) in [5, 5.41) is 3.13. The monoisotopic (exact) mass is 350 g/mol. The van der Waals surface area contributed by atoms with Crippen molar-refractivity contribution in [2.45, 2.75) is 58.2 Å². The molecule has 2 aromatic rings. The number of benzene rings is 1. The van der Waals surface area contributed by atoms with Gasteiger partial charge in [-0.2, -0.15) is 0 Å². The Labute approximate surface area is 155 Å². The molecule has 0 radical (unpaired) electrons. The predicted octanol–water partition coefficient (Wildman–Crippen LogP) is 4.16. The van der Waals surface area contributed by atoms with Crippen LogP contribution in [0.25, 0.3) is 0 Å². The normalized spacial score (nSPS) is 26.9. The molecule has 2 aliphatic rings. The molecule has 136 valence electrons. The van der Waals surface area contributed by atoms with Crippen molar-refractivity contribution in [3.8, 4) is 0 Å². The molecule has 2 fully saturated rings. The van der Waals surface area contributed by atoms with Gasteiger partial charge in [-0.3, -0.25) is 9.78 Å². The van der Waals surface area contributed by atoms with Gasteiger partial charge in [-0.05, 0) is 74.1 Å². The van der Waals surface area contributed by atoms with Gasteiger partial charge in [0.15, 0.2) is 0 Å². The van der Waals surface area contributed by atoms with Gasteiger partial charge >= 0.3 is 0 Å². The zero-order valence-corrected chi connectivity index (χ0v) is 15.7. The number of carbonyl (C=O) groups is 1. The fourth-order valence-corrected chi connectivity index (χ4v) is 4.38. The molecule has 1 N–H and O–H groups in total. The molecule has 0 aliphatic carbocycles. The summed E-state index contributed by atoms with van der Waals surface area (Å²) < 4.78 is 6.15. The highest BCUT2D eigenvalue weighted by atomic mass is 16.5. The minimum Gasteiger partial charge on any atom is -0.373 e. The number of rotatable bonds is 4. The Morgan fingerprint density at radius 1 is 1.15 bits per heavy atom. The van der Waals surface area contributed by atoms with Crippen LogP contribution in [0, 0.1) is 19.8 Å². The summed E-state index contributed by atoms with van der Waals surface area (Å²) in [6, 6.07) is 10.3. The molecule has 4 heteroatoms. The number of nitrogens with zero attached hydrogens (tertiary/aromatic N) is 1. The molecular weight excluding hydrogens is 324 g/mol. The maximum atomic E-state index is 13.1. The summed E-state index contributed by atoms with van der Waals surface area (Å²) in [7, 11) is 0. The van der Waals surface area contributed by atoms with Gasteiger partial charge in [-0.15, -0.1) is 0 Å². The van der Waals surface area contributed by atoms with E-state index in [-0.39, 0.29) is 30.0 Å². The number of hydrogen-bond donors (Lipinski definition) is 1. The van der Waals surface area contributed by atoms with Crippen molar-refractivity contribution in [3.63, 3.8) is 0 Å². The number of carbonyl (C=O) groups excluding carboxylic acids is 1. The summed E-state index contributed by atoms with van der Waals surface area (Å²) in [4.78, 5) is 17.5. The van der Waals surface area contributed by atoms with Crippen LogP contribution >= 0.6 is 0 Å². The summed E-state index contributed by atoms with van der Waals surface area (Å²) in [6.07, 6.45) is 4.93. The Kier molecular flexibility index (Phi) is 4.53. The molecule has 2 saturated heterocycles. The van der Waals surface area contributed by atoms with E-state index in [1.54, 1.807) is 0 Å². The van der Waals surface area contributed by atoms with E-state index in [1.165, 1.54) is 16.7 Å². The first-order valence-corrected chi connectivity index (χ1v) is 9.55. The van der Waals surface area contributed by atoms with Crippen molar-refractivity contribution >= 4 is 11.6 Å². The van der Waals surface area contributed by atoms with Crippen LogP contribution in [0.4, 0.5) is 5.69 Å². The summed E-state index contributed by atoms with van der Waals surface area (Å²) in [6.45, 7) is 6.25. The van der Waals surface area contributed by atoms with Crippen molar-refractivity contribution in [2.75, 3.05) is 5.32 Å². The lowest BCUT2D eigenvalue weighted by atomic mass is 9.75. The van der Waals surface area contributed by atoms with E-state index in [1.807, 2.05) is 24.4 Å². The summed E-state index contributed by atoms with van der Waals surface area (Å²) >= 11 is 0. The fourth-order valence-electron chi connectivity index (χ4n) is 4.38. The van der Waals surface area contributed by atoms with E-state index in [0.29, 0.717) is 0 Å². The van der Waals surface area contributed by atoms with Crippen LogP contribution < -0.4 is 5.32 Å². The molecule has 1 amide bonds. The Balaban J connectivity index is 1.60. The Morgan fingerprint density at radius 3 is 2.73 bits per heavy atom. The fraction of sp³-hybridized carbons (Fsp3) is 0.455. The Hall–Kier alpha value is -2.20. The van der Waals surface area contributed by atoms with Crippen LogP contribution in [0.5, 0.6) is 0 Å². The first-order chi connectivity index (χ1) is 12.6. The third-order valence-corrected chi connectivity index (χ3v) is 5.94. The van der Waals surface area contributed by atoms with E-state index in [9.17, 15) is 4.79 Å². The molecule has 1 aromatic heterocycles. The van der Waals surface area contributed by atoms with Gasteiger partial charge in [0.1, 0.15) is 0 Å². The van der Waals surface area contributed by atoms with Gasteiger partial charge in [0.05, 0.1) is 18.1 Å². The van der Waals surface area contributed by atoms with Crippen LogP contribution in [0.2, 0.25) is 0 Å². The van der Waals surface area contributed by atoms with Crippen LogP contribution in [0.15, 0.2) is 36.5 Å². The zero-order chi connectivity index (χ0) is 18.3. The molecule has 4 atom stereocenters. The molecule has 3 heterocycles. The largest absolute Gasteiger partial charge is 0.373 e. The number of hydrogen-bond acceptors (Lipinski definition) is 3. The number of ether oxygens (including phenoxy) is 1. The van der Waals surface area contributed by atoms with Gasteiger partial charge in [0.2, 0.25) is 5.91 Å². The van der Waals surface area contributed by atoms with E-state index < -0.39 is 0 Å². The van der Waals surface area contributed by atoms with Crippen LogP contribution in [0.1, 0.15) is 48.1 Å². The minimum atomic E-state index is -0.137. The van der Waals surface area contributed by atoms with E-state index >= 15 is 0 Å². The van der Waals surface area contributed by atoms with E-state index in [2.05, 4.69) is 43.2 Å². The average Bonchev–Trinajstić information content (AvgIpc) is 3.26. The first-order valence-electron chi connectivity index (χ1n) is 9.55. The second-order valence-corrected chi connectivity index (χ2v) is 7.56. The smallest absolute Gasteiger partial charge is 0.230 e. The van der Waals surface area contributed by atoms with E-state index in [0.717, 1.165) is 30.6 Å². The highest BCUT2D eigenvalue weighted by molar-refractivity contribution is 5.94. The summed E-state index contributed by atoms with van der Waals surface area (Å²) in [5.74, 6) is 0.0522. The minimum absolute atomic E-state index is 0.0230. The molecular formula is C22H26N2O2. The van der Waals surface area contributed by atoms with Crippen molar-refractivity contribution in [1.82, 2.24) is 4.98 Å². The molecule has 4 unspecified atom stereocenters. The van der Waals surface area contributed by atoms with Crippen molar-refractivity contribution in [2.24, 2.45) is 5.92 Å². The molecule has 2 bridgehead atoms. The van der Waals surface area contributed by atoms with Crippen LogP contribution in [-0.4, -0.2) is 23.1 Å². The standard InChI is InChI=1S/C22H26N2O2/c1-4-16-12-15(9-10-23-16)20-18-7-8-19(26-18)21(20)22(25)24-17-6-5-13(2)14(3)11-17/h5-6,9-12,18-21H,4,7-8H2,1-3H3,(H,24,25). The van der Waals surface area contributed by atoms with Crippen molar-refractivity contribution < 1.29 is 9.53 Å². The van der Waals surface area contributed by atoms with Crippen molar-refractivity contribution in [3.05, 3.63) is 58.9 Å². The Bertz CT molecular complexity index is 833. The number of amides is 1. The Morgan fingerprint density at radius 2 is 1.96 bits per heavy atom. The molecule has 4 rings (SSSR count). The number of aryl methyl sites for hydroxylation is 3. The highest BCUT2D eigenvalue weighted by Gasteiger charge is 2.52. The van der Waals surface area contributed by atoms with Crippen LogP contribution in [-0.2, 0) is 16.0 Å². The van der Waals surface area contributed by atoms with Gasteiger partial charge in [0.25, 0.3) is 0 Å². The SMILES string of the molecule is CCc1cc(C2C3CCC(O3)C2C(=O)Nc2ccc(C)c(C)c2)ccn1. The third kappa shape index (κ3) is 3.03. The molecule has 2 aliphatic heterocycles. The molecule has 4 nitrogen and oxygen atoms in total. The lowest BCUT2D eigenvalue weighted by Crippen LogP contribution is -2.36. The van der Waals surface area contributed by atoms with Gasteiger partial charge in [-0.25, -0.2) is 0 Å². The lowest BCUT2D eigenvalue weighted by molar-refractivity contribution is -0.121. The number of aromatic nitrogens is 1.